The fourth-order valence-corrected chi connectivity index (χ4v) is 1.45. The Bertz CT molecular complexity index is 423. The first-order valence-electron chi connectivity index (χ1n) is 4.28. The molecule has 0 atom stereocenters. The Kier molecular flexibility index (Phi) is 2.54. The molecule has 0 aliphatic carbocycles. The van der Waals surface area contributed by atoms with Crippen LogP contribution in [0.4, 0.5) is 11.5 Å². The molecule has 0 amide bonds. The molecular formula is C10H10BrN3. The molecule has 1 aromatic heterocycles. The van der Waals surface area contributed by atoms with Crippen LogP contribution >= 0.6 is 15.9 Å². The van der Waals surface area contributed by atoms with Crippen molar-refractivity contribution in [1.29, 1.82) is 0 Å². The lowest BCUT2D eigenvalue weighted by Crippen LogP contribution is -1.91. The standard InChI is InChI=1S/C10H10BrN3/c1-7-6-8(2-3-9(7)11)13-10-4-5-12-14-10/h2-6H,1H3,(H2,12,13,14). The zero-order valence-corrected chi connectivity index (χ0v) is 9.30. The van der Waals surface area contributed by atoms with Gasteiger partial charge in [0, 0.05) is 16.2 Å². The molecule has 0 fully saturated rings. The van der Waals surface area contributed by atoms with E-state index in [0.29, 0.717) is 0 Å². The predicted octanol–water partition coefficient (Wildman–Crippen LogP) is 3.22. The van der Waals surface area contributed by atoms with Crippen LogP contribution in [0.2, 0.25) is 0 Å². The van der Waals surface area contributed by atoms with Gasteiger partial charge < -0.3 is 5.32 Å². The number of halogens is 1. The molecule has 0 saturated heterocycles. The Morgan fingerprint density at radius 3 is 2.86 bits per heavy atom. The molecule has 2 rings (SSSR count). The number of aryl methyl sites for hydroxylation is 1. The summed E-state index contributed by atoms with van der Waals surface area (Å²) in [6, 6.07) is 7.99. The third-order valence-corrected chi connectivity index (χ3v) is 2.83. The average Bonchev–Trinajstić information content (AvgIpc) is 2.64. The van der Waals surface area contributed by atoms with Crippen LogP contribution in [0.15, 0.2) is 34.9 Å². The van der Waals surface area contributed by atoms with Crippen molar-refractivity contribution in [3.63, 3.8) is 0 Å². The van der Waals surface area contributed by atoms with Crippen molar-refractivity contribution in [2.24, 2.45) is 0 Å². The van der Waals surface area contributed by atoms with Crippen molar-refractivity contribution >= 4 is 27.4 Å². The summed E-state index contributed by atoms with van der Waals surface area (Å²) in [6.07, 6.45) is 1.72. The van der Waals surface area contributed by atoms with E-state index in [1.54, 1.807) is 6.20 Å². The monoisotopic (exact) mass is 251 g/mol. The van der Waals surface area contributed by atoms with Gasteiger partial charge in [-0.15, -0.1) is 0 Å². The molecule has 1 heterocycles. The van der Waals surface area contributed by atoms with E-state index in [1.165, 1.54) is 5.56 Å². The van der Waals surface area contributed by atoms with Gasteiger partial charge in [-0.1, -0.05) is 15.9 Å². The molecule has 0 aliphatic heterocycles. The summed E-state index contributed by atoms with van der Waals surface area (Å²) in [5.74, 6) is 0.895. The normalized spacial score (nSPS) is 10.1. The molecule has 0 spiro atoms. The number of rotatable bonds is 2. The third kappa shape index (κ3) is 1.96. The Labute approximate surface area is 90.7 Å². The van der Waals surface area contributed by atoms with E-state index in [2.05, 4.69) is 44.4 Å². The first-order valence-corrected chi connectivity index (χ1v) is 5.07. The molecule has 0 unspecified atom stereocenters. The number of aromatic amines is 1. The van der Waals surface area contributed by atoms with Gasteiger partial charge in [0.25, 0.3) is 0 Å². The van der Waals surface area contributed by atoms with E-state index in [4.69, 9.17) is 0 Å². The van der Waals surface area contributed by atoms with E-state index in [9.17, 15) is 0 Å². The second-order valence-corrected chi connectivity index (χ2v) is 3.91. The summed E-state index contributed by atoms with van der Waals surface area (Å²) in [7, 11) is 0. The van der Waals surface area contributed by atoms with Gasteiger partial charge in [0.15, 0.2) is 0 Å². The second-order valence-electron chi connectivity index (χ2n) is 3.06. The fraction of sp³-hybridized carbons (Fsp3) is 0.100. The highest BCUT2D eigenvalue weighted by Gasteiger charge is 1.98. The molecular weight excluding hydrogens is 242 g/mol. The number of benzene rings is 1. The van der Waals surface area contributed by atoms with Crippen molar-refractivity contribution in [3.05, 3.63) is 40.5 Å². The first-order chi connectivity index (χ1) is 6.75. The molecule has 0 bridgehead atoms. The van der Waals surface area contributed by atoms with Crippen LogP contribution in [0.5, 0.6) is 0 Å². The van der Waals surface area contributed by atoms with Gasteiger partial charge in [-0.25, -0.2) is 0 Å². The van der Waals surface area contributed by atoms with Gasteiger partial charge in [-0.2, -0.15) is 5.10 Å². The highest BCUT2D eigenvalue weighted by molar-refractivity contribution is 9.10. The van der Waals surface area contributed by atoms with Crippen LogP contribution in [0, 0.1) is 6.92 Å². The molecule has 1 aromatic carbocycles. The Morgan fingerprint density at radius 1 is 1.36 bits per heavy atom. The quantitative estimate of drug-likeness (QED) is 0.861. The van der Waals surface area contributed by atoms with Crippen LogP contribution in [0.25, 0.3) is 0 Å². The number of aromatic nitrogens is 2. The fourth-order valence-electron chi connectivity index (χ4n) is 1.20. The largest absolute Gasteiger partial charge is 0.341 e. The van der Waals surface area contributed by atoms with Crippen molar-refractivity contribution < 1.29 is 0 Å². The lowest BCUT2D eigenvalue weighted by Gasteiger charge is -2.05. The topological polar surface area (TPSA) is 40.7 Å². The number of anilines is 2. The minimum Gasteiger partial charge on any atom is -0.341 e. The summed E-state index contributed by atoms with van der Waals surface area (Å²) in [5, 5.41) is 9.92. The van der Waals surface area contributed by atoms with Gasteiger partial charge in [-0.3, -0.25) is 5.10 Å². The summed E-state index contributed by atoms with van der Waals surface area (Å²) >= 11 is 3.46. The lowest BCUT2D eigenvalue weighted by atomic mass is 10.2. The van der Waals surface area contributed by atoms with E-state index in [0.717, 1.165) is 16.0 Å². The molecule has 4 heteroatoms. The number of H-pyrrole nitrogens is 1. The first kappa shape index (κ1) is 9.27. The van der Waals surface area contributed by atoms with Crippen LogP contribution in [0.1, 0.15) is 5.56 Å². The molecule has 0 aliphatic rings. The number of nitrogens with one attached hydrogen (secondary N) is 2. The molecule has 72 valence electrons. The van der Waals surface area contributed by atoms with Crippen LogP contribution in [-0.2, 0) is 0 Å². The van der Waals surface area contributed by atoms with Gasteiger partial charge in [0.1, 0.15) is 5.82 Å². The Balaban J connectivity index is 2.22. The molecule has 2 aromatic rings. The summed E-state index contributed by atoms with van der Waals surface area (Å²) in [5.41, 5.74) is 2.25. The zero-order valence-electron chi connectivity index (χ0n) is 7.71. The van der Waals surface area contributed by atoms with Crippen molar-refractivity contribution in [3.8, 4) is 0 Å². The number of hydrogen-bond acceptors (Lipinski definition) is 2. The van der Waals surface area contributed by atoms with Crippen molar-refractivity contribution in [1.82, 2.24) is 10.2 Å². The van der Waals surface area contributed by atoms with E-state index < -0.39 is 0 Å². The van der Waals surface area contributed by atoms with Crippen LogP contribution in [-0.4, -0.2) is 10.2 Å². The third-order valence-electron chi connectivity index (χ3n) is 1.94. The maximum atomic E-state index is 3.86. The van der Waals surface area contributed by atoms with Gasteiger partial charge in [0.2, 0.25) is 0 Å². The number of hydrogen-bond donors (Lipinski definition) is 2. The molecule has 0 radical (unpaired) electrons. The van der Waals surface area contributed by atoms with E-state index >= 15 is 0 Å². The van der Waals surface area contributed by atoms with Gasteiger partial charge in [-0.05, 0) is 30.7 Å². The van der Waals surface area contributed by atoms with E-state index in [1.807, 2.05) is 18.2 Å². The summed E-state index contributed by atoms with van der Waals surface area (Å²) in [6.45, 7) is 2.06. The smallest absolute Gasteiger partial charge is 0.125 e. The SMILES string of the molecule is Cc1cc(Nc2ccn[nH]2)ccc1Br. The predicted molar refractivity (Wildman–Crippen MR) is 60.7 cm³/mol. The Hall–Kier alpha value is -1.29. The van der Waals surface area contributed by atoms with Crippen molar-refractivity contribution in [2.45, 2.75) is 6.92 Å². The highest BCUT2D eigenvalue weighted by Crippen LogP contribution is 2.21. The maximum Gasteiger partial charge on any atom is 0.125 e. The minimum atomic E-state index is 0.895. The second kappa shape index (κ2) is 3.84. The lowest BCUT2D eigenvalue weighted by molar-refractivity contribution is 1.09. The molecule has 2 N–H and O–H groups in total. The molecule has 14 heavy (non-hydrogen) atoms. The summed E-state index contributed by atoms with van der Waals surface area (Å²) < 4.78 is 1.12. The van der Waals surface area contributed by atoms with Crippen molar-refractivity contribution in [2.75, 3.05) is 5.32 Å². The minimum absolute atomic E-state index is 0.895. The van der Waals surface area contributed by atoms with Crippen LogP contribution < -0.4 is 5.32 Å². The average molecular weight is 252 g/mol. The highest BCUT2D eigenvalue weighted by atomic mass is 79.9. The van der Waals surface area contributed by atoms with Crippen LogP contribution in [0.3, 0.4) is 0 Å². The van der Waals surface area contributed by atoms with Gasteiger partial charge in [0.05, 0.1) is 6.20 Å². The Morgan fingerprint density at radius 2 is 2.21 bits per heavy atom. The summed E-state index contributed by atoms with van der Waals surface area (Å²) in [4.78, 5) is 0. The van der Waals surface area contributed by atoms with E-state index in [-0.39, 0.29) is 0 Å². The van der Waals surface area contributed by atoms with Gasteiger partial charge >= 0.3 is 0 Å². The zero-order chi connectivity index (χ0) is 9.97. The molecule has 3 nitrogen and oxygen atoms in total. The maximum absolute atomic E-state index is 3.86. The molecule has 0 saturated carbocycles. The number of nitrogens with zero attached hydrogens (tertiary/aromatic N) is 1.